The van der Waals surface area contributed by atoms with Gasteiger partial charge in [-0.15, -0.1) is 0 Å². The highest BCUT2D eigenvalue weighted by atomic mass is 35.5. The van der Waals surface area contributed by atoms with Gasteiger partial charge in [0.15, 0.2) is 11.5 Å². The molecule has 1 N–H and O–H groups in total. The van der Waals surface area contributed by atoms with Crippen LogP contribution in [0.15, 0.2) is 30.3 Å². The second-order valence-electron chi connectivity index (χ2n) is 8.92. The third-order valence-electron chi connectivity index (χ3n) is 6.08. The molecule has 3 aromatic heterocycles. The van der Waals surface area contributed by atoms with Crippen molar-refractivity contribution in [2.75, 3.05) is 5.32 Å². The lowest BCUT2D eigenvalue weighted by Crippen LogP contribution is -2.20. The first-order valence-electron chi connectivity index (χ1n) is 11.2. The summed E-state index contributed by atoms with van der Waals surface area (Å²) in [6.07, 6.45) is -2.99. The minimum absolute atomic E-state index is 0.00506. The summed E-state index contributed by atoms with van der Waals surface area (Å²) < 4.78 is 57.5. The Kier molecular flexibility index (Phi) is 5.98. The molecule has 188 valence electrons. The normalized spacial score (nSPS) is 14.0. The van der Waals surface area contributed by atoms with Gasteiger partial charge in [-0.05, 0) is 50.5 Å². The predicted molar refractivity (Wildman–Crippen MR) is 125 cm³/mol. The van der Waals surface area contributed by atoms with Crippen LogP contribution in [0.4, 0.5) is 23.4 Å². The van der Waals surface area contributed by atoms with E-state index in [4.69, 9.17) is 11.6 Å². The van der Waals surface area contributed by atoms with Gasteiger partial charge in [-0.2, -0.15) is 23.4 Å². The van der Waals surface area contributed by atoms with Crippen molar-refractivity contribution in [2.24, 2.45) is 0 Å². The van der Waals surface area contributed by atoms with Crippen LogP contribution in [0.25, 0.3) is 11.0 Å². The van der Waals surface area contributed by atoms with E-state index < -0.39 is 23.5 Å². The van der Waals surface area contributed by atoms with E-state index in [0.717, 1.165) is 24.6 Å². The van der Waals surface area contributed by atoms with Crippen LogP contribution in [0.1, 0.15) is 47.0 Å². The predicted octanol–water partition coefficient (Wildman–Crippen LogP) is 5.62. The average molecular weight is 521 g/mol. The number of carbonyl (C=O) groups is 1. The SMILES string of the molecule is Cc1nn(CC(=O)Nc2cc(C)n(Cc3ccc(F)cc3Cl)n2)c2nc(C3CC3)cc(C(F)(F)F)c12. The molecule has 0 saturated heterocycles. The highest BCUT2D eigenvalue weighted by Crippen LogP contribution is 2.43. The lowest BCUT2D eigenvalue weighted by atomic mass is 10.1. The Labute approximate surface area is 208 Å². The minimum Gasteiger partial charge on any atom is -0.308 e. The molecule has 1 aromatic carbocycles. The molecule has 0 atom stereocenters. The first-order chi connectivity index (χ1) is 17.0. The Morgan fingerprint density at radius 2 is 1.89 bits per heavy atom. The van der Waals surface area contributed by atoms with Crippen molar-refractivity contribution in [3.8, 4) is 0 Å². The van der Waals surface area contributed by atoms with E-state index in [9.17, 15) is 22.4 Å². The third-order valence-corrected chi connectivity index (χ3v) is 6.43. The molecule has 36 heavy (non-hydrogen) atoms. The summed E-state index contributed by atoms with van der Waals surface area (Å²) in [6.45, 7) is 3.18. The molecule has 5 rings (SSSR count). The fraction of sp³-hybridized carbons (Fsp3) is 0.333. The molecule has 3 heterocycles. The van der Waals surface area contributed by atoms with Crippen LogP contribution in [-0.4, -0.2) is 30.5 Å². The van der Waals surface area contributed by atoms with Crippen LogP contribution < -0.4 is 5.32 Å². The first kappa shape index (κ1) is 24.2. The zero-order chi connectivity index (χ0) is 25.8. The van der Waals surface area contributed by atoms with Gasteiger partial charge in [0.05, 0.1) is 23.2 Å². The van der Waals surface area contributed by atoms with Crippen molar-refractivity contribution in [3.05, 3.63) is 69.4 Å². The summed E-state index contributed by atoms with van der Waals surface area (Å²) in [6, 6.07) is 6.81. The molecule has 1 aliphatic rings. The van der Waals surface area contributed by atoms with Gasteiger partial charge in [0.25, 0.3) is 0 Å². The number of amides is 1. The van der Waals surface area contributed by atoms with Crippen molar-refractivity contribution in [1.82, 2.24) is 24.5 Å². The zero-order valence-corrected chi connectivity index (χ0v) is 20.1. The molecule has 0 unspecified atom stereocenters. The van der Waals surface area contributed by atoms with E-state index >= 15 is 0 Å². The van der Waals surface area contributed by atoms with Crippen LogP contribution in [0.2, 0.25) is 5.02 Å². The smallest absolute Gasteiger partial charge is 0.308 e. The van der Waals surface area contributed by atoms with E-state index in [1.54, 1.807) is 23.7 Å². The van der Waals surface area contributed by atoms with Crippen LogP contribution in [0.3, 0.4) is 0 Å². The molecule has 1 amide bonds. The van der Waals surface area contributed by atoms with Gasteiger partial charge in [0, 0.05) is 28.4 Å². The number of anilines is 1. The number of benzene rings is 1. The molecule has 0 aliphatic heterocycles. The highest BCUT2D eigenvalue weighted by molar-refractivity contribution is 6.31. The lowest BCUT2D eigenvalue weighted by molar-refractivity contribution is -0.136. The largest absolute Gasteiger partial charge is 0.417 e. The summed E-state index contributed by atoms with van der Waals surface area (Å²) in [5, 5.41) is 11.3. The Balaban J connectivity index is 1.38. The van der Waals surface area contributed by atoms with Gasteiger partial charge >= 0.3 is 6.18 Å². The Morgan fingerprint density at radius 3 is 2.56 bits per heavy atom. The number of fused-ring (bicyclic) bond motifs is 1. The van der Waals surface area contributed by atoms with E-state index in [0.29, 0.717) is 11.3 Å². The molecule has 12 heteroatoms. The quantitative estimate of drug-likeness (QED) is 0.335. The monoisotopic (exact) mass is 520 g/mol. The maximum atomic E-state index is 13.8. The summed E-state index contributed by atoms with van der Waals surface area (Å²) in [5.74, 6) is -0.714. The van der Waals surface area contributed by atoms with Gasteiger partial charge < -0.3 is 5.32 Å². The molecule has 1 aliphatic carbocycles. The first-order valence-corrected chi connectivity index (χ1v) is 11.6. The maximum absolute atomic E-state index is 13.8. The summed E-state index contributed by atoms with van der Waals surface area (Å²) in [5.41, 5.74) is 1.14. The van der Waals surface area contributed by atoms with Crippen LogP contribution in [0.5, 0.6) is 0 Å². The second kappa shape index (κ2) is 8.88. The molecule has 7 nitrogen and oxygen atoms in total. The summed E-state index contributed by atoms with van der Waals surface area (Å²) >= 11 is 6.10. The molecule has 4 aromatic rings. The van der Waals surface area contributed by atoms with Crippen LogP contribution in [-0.2, 0) is 24.1 Å². The van der Waals surface area contributed by atoms with Crippen molar-refractivity contribution in [1.29, 1.82) is 0 Å². The molecule has 0 spiro atoms. The van der Waals surface area contributed by atoms with E-state index in [1.165, 1.54) is 23.7 Å². The van der Waals surface area contributed by atoms with E-state index in [2.05, 4.69) is 20.5 Å². The fourth-order valence-electron chi connectivity index (χ4n) is 4.16. The van der Waals surface area contributed by atoms with Crippen molar-refractivity contribution in [3.63, 3.8) is 0 Å². The van der Waals surface area contributed by atoms with E-state index in [1.807, 2.05) is 0 Å². The van der Waals surface area contributed by atoms with Crippen LogP contribution >= 0.6 is 11.6 Å². The molecular weight excluding hydrogens is 500 g/mol. The topological polar surface area (TPSA) is 77.6 Å². The minimum atomic E-state index is -4.57. The average Bonchev–Trinajstić information content (AvgIpc) is 3.52. The van der Waals surface area contributed by atoms with Gasteiger partial charge in [0.1, 0.15) is 12.4 Å². The number of carbonyl (C=O) groups excluding carboxylic acids is 1. The maximum Gasteiger partial charge on any atom is 0.417 e. The molecular formula is C24H21ClF4N6O. The second-order valence-corrected chi connectivity index (χ2v) is 9.33. The number of aromatic nitrogens is 5. The molecule has 1 saturated carbocycles. The lowest BCUT2D eigenvalue weighted by Gasteiger charge is -2.11. The van der Waals surface area contributed by atoms with Crippen molar-refractivity contribution in [2.45, 2.75) is 51.9 Å². The number of pyridine rings is 1. The van der Waals surface area contributed by atoms with E-state index in [-0.39, 0.29) is 46.6 Å². The Bertz CT molecular complexity index is 1490. The number of hydrogen-bond acceptors (Lipinski definition) is 4. The van der Waals surface area contributed by atoms with Crippen LogP contribution in [0, 0.1) is 19.7 Å². The van der Waals surface area contributed by atoms with Crippen molar-refractivity contribution < 1.29 is 22.4 Å². The molecule has 0 radical (unpaired) electrons. The summed E-state index contributed by atoms with van der Waals surface area (Å²) in [4.78, 5) is 17.2. The van der Waals surface area contributed by atoms with Crippen molar-refractivity contribution >= 4 is 34.4 Å². The number of halogens is 5. The highest BCUT2D eigenvalue weighted by Gasteiger charge is 2.37. The zero-order valence-electron chi connectivity index (χ0n) is 19.3. The van der Waals surface area contributed by atoms with Gasteiger partial charge in [-0.1, -0.05) is 17.7 Å². The summed E-state index contributed by atoms with van der Waals surface area (Å²) in [7, 11) is 0. The standard InChI is InChI=1S/C24H21ClF4N6O/c1-12-7-20(33-34(12)10-15-5-6-16(26)8-18(15)25)31-21(36)11-35-23-22(13(2)32-35)17(24(27,28)29)9-19(30-23)14-3-4-14/h5-9,14H,3-4,10-11H2,1-2H3,(H,31,33,36). The van der Waals surface area contributed by atoms with Gasteiger partial charge in [0.2, 0.25) is 5.91 Å². The number of hydrogen-bond donors (Lipinski definition) is 1. The number of alkyl halides is 3. The number of aryl methyl sites for hydroxylation is 2. The third kappa shape index (κ3) is 4.79. The molecule has 0 bridgehead atoms. The number of nitrogens with one attached hydrogen (secondary N) is 1. The fourth-order valence-corrected chi connectivity index (χ4v) is 4.38. The van der Waals surface area contributed by atoms with Gasteiger partial charge in [-0.3, -0.25) is 9.48 Å². The number of nitrogens with zero attached hydrogens (tertiary/aromatic N) is 5. The van der Waals surface area contributed by atoms with Gasteiger partial charge in [-0.25, -0.2) is 14.1 Å². The Morgan fingerprint density at radius 1 is 1.14 bits per heavy atom. The number of rotatable bonds is 6. The Hall–Kier alpha value is -3.47. The molecule has 1 fully saturated rings.